The smallest absolute Gasteiger partial charge is 0.111 e. The molecule has 0 radical (unpaired) electrons. The van der Waals surface area contributed by atoms with E-state index in [-0.39, 0.29) is 0 Å². The van der Waals surface area contributed by atoms with Crippen molar-refractivity contribution in [1.29, 1.82) is 0 Å². The molecule has 2 aromatic heterocycles. The highest BCUT2D eigenvalue weighted by molar-refractivity contribution is 5.12. The molecule has 0 bridgehead atoms. The van der Waals surface area contributed by atoms with Crippen LogP contribution in [0.1, 0.15) is 81.3 Å². The Morgan fingerprint density at radius 3 is 2.24 bits per heavy atom. The third kappa shape index (κ3) is 3.55. The van der Waals surface area contributed by atoms with Crippen molar-refractivity contribution in [2.75, 3.05) is 0 Å². The second kappa shape index (κ2) is 6.46. The fourth-order valence-corrected chi connectivity index (χ4v) is 2.90. The van der Waals surface area contributed by atoms with Crippen LogP contribution in [0.4, 0.5) is 0 Å². The zero-order valence-electron chi connectivity index (χ0n) is 14.1. The second-order valence-corrected chi connectivity index (χ2v) is 6.59. The summed E-state index contributed by atoms with van der Waals surface area (Å²) in [5, 5.41) is 0. The average Bonchev–Trinajstić information content (AvgIpc) is 3.01. The Kier molecular flexibility index (Phi) is 4.86. The number of H-pyrrole nitrogens is 1. The van der Waals surface area contributed by atoms with Gasteiger partial charge in [0.25, 0.3) is 0 Å². The highest BCUT2D eigenvalue weighted by Gasteiger charge is 2.17. The van der Waals surface area contributed by atoms with Gasteiger partial charge in [-0.15, -0.1) is 0 Å². The van der Waals surface area contributed by atoms with Gasteiger partial charge in [0, 0.05) is 42.7 Å². The lowest BCUT2D eigenvalue weighted by atomic mass is 9.95. The molecule has 21 heavy (non-hydrogen) atoms. The van der Waals surface area contributed by atoms with Gasteiger partial charge < -0.3 is 9.55 Å². The van der Waals surface area contributed by atoms with Crippen molar-refractivity contribution < 1.29 is 0 Å². The Balaban J connectivity index is 1.97. The molecule has 0 saturated carbocycles. The maximum atomic E-state index is 4.57. The number of aromatic nitrogens is 4. The third-order valence-corrected chi connectivity index (χ3v) is 4.30. The molecule has 0 aliphatic carbocycles. The molecule has 0 aliphatic rings. The predicted octanol–water partition coefficient (Wildman–Crippen LogP) is 4.26. The molecule has 116 valence electrons. The molecule has 0 saturated heterocycles. The van der Waals surface area contributed by atoms with Crippen molar-refractivity contribution in [3.63, 3.8) is 0 Å². The fourth-order valence-electron chi connectivity index (χ4n) is 2.90. The normalized spacial score (nSPS) is 14.6. The summed E-state index contributed by atoms with van der Waals surface area (Å²) in [7, 11) is 2.13. The maximum absolute atomic E-state index is 4.57. The summed E-state index contributed by atoms with van der Waals surface area (Å²) in [6.45, 7) is 11.0. The molecule has 4 nitrogen and oxygen atoms in total. The summed E-state index contributed by atoms with van der Waals surface area (Å²) in [6, 6.07) is 0. The van der Waals surface area contributed by atoms with Crippen LogP contribution in [0.15, 0.2) is 12.4 Å². The first-order valence-electron chi connectivity index (χ1n) is 7.93. The molecule has 0 aromatic carbocycles. The summed E-state index contributed by atoms with van der Waals surface area (Å²) in [5.74, 6) is 3.74. The summed E-state index contributed by atoms with van der Waals surface area (Å²) in [4.78, 5) is 12.3. The Labute approximate surface area is 128 Å². The van der Waals surface area contributed by atoms with Crippen LogP contribution in [-0.4, -0.2) is 19.5 Å². The second-order valence-electron chi connectivity index (χ2n) is 6.59. The molecule has 0 aliphatic heterocycles. The van der Waals surface area contributed by atoms with Crippen LogP contribution in [0.3, 0.4) is 0 Å². The molecule has 2 atom stereocenters. The van der Waals surface area contributed by atoms with E-state index in [2.05, 4.69) is 61.2 Å². The molecule has 2 rings (SSSR count). The standard InChI is InChI=1S/C17H28N4/c1-11(2)17-19-10-15(21(17)6)12(3)7-8-13(4)16-18-9-14(5)20-16/h9-13H,7-8H2,1-6H3,(H,18,20). The Bertz CT molecular complexity index is 579. The minimum absolute atomic E-state index is 0.471. The van der Waals surface area contributed by atoms with Gasteiger partial charge in [-0.1, -0.05) is 27.7 Å². The van der Waals surface area contributed by atoms with E-state index in [0.717, 1.165) is 24.4 Å². The van der Waals surface area contributed by atoms with Crippen molar-refractivity contribution in [1.82, 2.24) is 19.5 Å². The number of aromatic amines is 1. The first-order valence-corrected chi connectivity index (χ1v) is 7.93. The number of hydrogen-bond acceptors (Lipinski definition) is 2. The Morgan fingerprint density at radius 1 is 1.05 bits per heavy atom. The number of aryl methyl sites for hydroxylation is 1. The third-order valence-electron chi connectivity index (χ3n) is 4.30. The number of hydrogen-bond donors (Lipinski definition) is 1. The molecule has 0 fully saturated rings. The summed E-state index contributed by atoms with van der Waals surface area (Å²) < 4.78 is 2.26. The molecule has 4 heteroatoms. The van der Waals surface area contributed by atoms with Gasteiger partial charge in [-0.05, 0) is 25.7 Å². The van der Waals surface area contributed by atoms with Gasteiger partial charge >= 0.3 is 0 Å². The number of imidazole rings is 2. The van der Waals surface area contributed by atoms with E-state index in [1.807, 2.05) is 12.4 Å². The van der Waals surface area contributed by atoms with Crippen molar-refractivity contribution in [3.05, 3.63) is 35.4 Å². The summed E-state index contributed by atoms with van der Waals surface area (Å²) >= 11 is 0. The fraction of sp³-hybridized carbons (Fsp3) is 0.647. The largest absolute Gasteiger partial charge is 0.346 e. The van der Waals surface area contributed by atoms with Crippen LogP contribution in [0.25, 0.3) is 0 Å². The molecule has 0 amide bonds. The Morgan fingerprint density at radius 2 is 1.71 bits per heavy atom. The van der Waals surface area contributed by atoms with Crippen LogP contribution in [0.5, 0.6) is 0 Å². The van der Waals surface area contributed by atoms with Gasteiger partial charge in [0.15, 0.2) is 0 Å². The predicted molar refractivity (Wildman–Crippen MR) is 86.7 cm³/mol. The van der Waals surface area contributed by atoms with Gasteiger partial charge in [-0.3, -0.25) is 0 Å². The van der Waals surface area contributed by atoms with E-state index < -0.39 is 0 Å². The maximum Gasteiger partial charge on any atom is 0.111 e. The topological polar surface area (TPSA) is 46.5 Å². The molecule has 2 heterocycles. The van der Waals surface area contributed by atoms with E-state index in [4.69, 9.17) is 0 Å². The molecule has 2 aromatic rings. The van der Waals surface area contributed by atoms with E-state index in [9.17, 15) is 0 Å². The van der Waals surface area contributed by atoms with E-state index in [1.165, 1.54) is 11.5 Å². The van der Waals surface area contributed by atoms with Crippen molar-refractivity contribution in [2.45, 2.75) is 65.2 Å². The first-order chi connectivity index (χ1) is 9.90. The average molecular weight is 288 g/mol. The van der Waals surface area contributed by atoms with Crippen LogP contribution >= 0.6 is 0 Å². The number of rotatable bonds is 6. The van der Waals surface area contributed by atoms with Gasteiger partial charge in [-0.2, -0.15) is 0 Å². The minimum Gasteiger partial charge on any atom is -0.346 e. The monoisotopic (exact) mass is 288 g/mol. The lowest BCUT2D eigenvalue weighted by molar-refractivity contribution is 0.536. The van der Waals surface area contributed by atoms with Crippen LogP contribution < -0.4 is 0 Å². The van der Waals surface area contributed by atoms with Gasteiger partial charge in [0.1, 0.15) is 11.6 Å². The molecular formula is C17H28N4. The number of nitrogens with zero attached hydrogens (tertiary/aromatic N) is 3. The van der Waals surface area contributed by atoms with E-state index in [0.29, 0.717) is 17.8 Å². The van der Waals surface area contributed by atoms with Gasteiger partial charge in [-0.25, -0.2) is 9.97 Å². The lowest BCUT2D eigenvalue weighted by Gasteiger charge is -2.16. The van der Waals surface area contributed by atoms with Gasteiger partial charge in [0.2, 0.25) is 0 Å². The zero-order chi connectivity index (χ0) is 15.6. The highest BCUT2D eigenvalue weighted by Crippen LogP contribution is 2.27. The van der Waals surface area contributed by atoms with E-state index in [1.54, 1.807) is 0 Å². The lowest BCUT2D eigenvalue weighted by Crippen LogP contribution is -2.07. The molecule has 0 spiro atoms. The van der Waals surface area contributed by atoms with Crippen molar-refractivity contribution in [2.24, 2.45) is 7.05 Å². The quantitative estimate of drug-likeness (QED) is 0.863. The van der Waals surface area contributed by atoms with Gasteiger partial charge in [0.05, 0.1) is 0 Å². The molecular weight excluding hydrogens is 260 g/mol. The van der Waals surface area contributed by atoms with E-state index >= 15 is 0 Å². The summed E-state index contributed by atoms with van der Waals surface area (Å²) in [6.07, 6.45) is 6.24. The van der Waals surface area contributed by atoms with Crippen LogP contribution in [0.2, 0.25) is 0 Å². The zero-order valence-corrected chi connectivity index (χ0v) is 14.1. The van der Waals surface area contributed by atoms with Crippen LogP contribution in [0, 0.1) is 6.92 Å². The first kappa shape index (κ1) is 15.8. The Hall–Kier alpha value is -1.58. The van der Waals surface area contributed by atoms with Crippen LogP contribution in [-0.2, 0) is 7.05 Å². The molecule has 1 N–H and O–H groups in total. The SMILES string of the molecule is Cc1cnc(C(C)CCC(C)c2cnc(C(C)C)n2C)[nH]1. The van der Waals surface area contributed by atoms with Crippen molar-refractivity contribution >= 4 is 0 Å². The summed E-state index contributed by atoms with van der Waals surface area (Å²) in [5.41, 5.74) is 2.47. The molecule has 2 unspecified atom stereocenters. The minimum atomic E-state index is 0.471. The van der Waals surface area contributed by atoms with Crippen molar-refractivity contribution in [3.8, 4) is 0 Å². The highest BCUT2D eigenvalue weighted by atomic mass is 15.1. The number of nitrogens with one attached hydrogen (secondary N) is 1.